The van der Waals surface area contributed by atoms with Crippen LogP contribution in [0.25, 0.3) is 10.8 Å². The molecule has 0 spiro atoms. The van der Waals surface area contributed by atoms with Gasteiger partial charge in [0, 0.05) is 42.0 Å². The first-order valence-electron chi connectivity index (χ1n) is 9.59. The average molecular weight is 453 g/mol. The van der Waals surface area contributed by atoms with Crippen LogP contribution in [0.1, 0.15) is 24.0 Å². The molecule has 11 heteroatoms. The highest BCUT2D eigenvalue weighted by Gasteiger charge is 2.38. The lowest BCUT2D eigenvalue weighted by molar-refractivity contribution is -0.386. The van der Waals surface area contributed by atoms with E-state index >= 15 is 0 Å². The second-order valence-electron chi connectivity index (χ2n) is 7.47. The van der Waals surface area contributed by atoms with Crippen LogP contribution in [0.5, 0.6) is 5.75 Å². The van der Waals surface area contributed by atoms with Crippen molar-refractivity contribution in [3.05, 3.63) is 75.6 Å². The lowest BCUT2D eigenvalue weighted by atomic mass is 9.88. The summed E-state index contributed by atoms with van der Waals surface area (Å²) in [5, 5.41) is 15.8. The number of nitrogens with zero attached hydrogens (tertiary/aromatic N) is 2. The minimum atomic E-state index is -5.01. The average Bonchev–Trinajstić information content (AvgIpc) is 2.70. The largest absolute Gasteiger partial charge is 0.483 e. The summed E-state index contributed by atoms with van der Waals surface area (Å²) in [4.78, 5) is 14.1. The molecule has 1 aliphatic rings. The van der Waals surface area contributed by atoms with Crippen molar-refractivity contribution in [2.24, 2.45) is 0 Å². The van der Waals surface area contributed by atoms with Crippen LogP contribution in [0.15, 0.2) is 42.7 Å². The number of halogens is 5. The van der Waals surface area contributed by atoms with Crippen molar-refractivity contribution in [2.45, 2.75) is 37.7 Å². The van der Waals surface area contributed by atoms with E-state index in [1.54, 1.807) is 24.5 Å². The molecule has 2 aromatic carbocycles. The molecule has 4 rings (SSSR count). The van der Waals surface area contributed by atoms with Crippen LogP contribution in [0.4, 0.5) is 27.6 Å². The third kappa shape index (κ3) is 4.33. The van der Waals surface area contributed by atoms with Crippen LogP contribution in [-0.2, 0) is 12.7 Å². The number of rotatable bonds is 6. The Morgan fingerprint density at radius 2 is 1.91 bits per heavy atom. The summed E-state index contributed by atoms with van der Waals surface area (Å²) < 4.78 is 72.2. The predicted octanol–water partition coefficient (Wildman–Crippen LogP) is 5.14. The molecule has 0 bridgehead atoms. The summed E-state index contributed by atoms with van der Waals surface area (Å²) >= 11 is 0. The first-order chi connectivity index (χ1) is 15.1. The highest BCUT2D eigenvalue weighted by atomic mass is 19.4. The van der Waals surface area contributed by atoms with Gasteiger partial charge in [-0.25, -0.2) is 8.78 Å². The van der Waals surface area contributed by atoms with Crippen LogP contribution in [0.3, 0.4) is 0 Å². The zero-order chi connectivity index (χ0) is 23.0. The van der Waals surface area contributed by atoms with Crippen molar-refractivity contribution >= 4 is 16.5 Å². The number of hydrogen-bond donors (Lipinski definition) is 1. The minimum absolute atomic E-state index is 0.127. The molecule has 0 aliphatic heterocycles. The highest BCUT2D eigenvalue weighted by molar-refractivity contribution is 5.84. The van der Waals surface area contributed by atoms with Gasteiger partial charge in [0.1, 0.15) is 17.7 Å². The van der Waals surface area contributed by atoms with Crippen molar-refractivity contribution in [3.63, 3.8) is 0 Å². The van der Waals surface area contributed by atoms with E-state index in [0.717, 1.165) is 5.39 Å². The van der Waals surface area contributed by atoms with E-state index in [0.29, 0.717) is 29.9 Å². The molecule has 1 fully saturated rings. The fourth-order valence-electron chi connectivity index (χ4n) is 3.64. The standard InChI is InChI=1S/C21H16F5N3O3/c22-17-2-1-11-9-27-4-3-14(11)15(17)10-28-12-5-13(6-12)32-20-7-16(21(24,25)26)18(23)8-19(20)29(30)31/h1-4,7-9,12-13,28H,5-6,10H2. The van der Waals surface area contributed by atoms with E-state index in [-0.39, 0.29) is 24.5 Å². The van der Waals surface area contributed by atoms with Gasteiger partial charge in [0.25, 0.3) is 0 Å². The number of nitrogens with one attached hydrogen (secondary N) is 1. The predicted molar refractivity (Wildman–Crippen MR) is 104 cm³/mol. The number of aromatic nitrogens is 1. The van der Waals surface area contributed by atoms with Gasteiger partial charge in [0.05, 0.1) is 16.6 Å². The molecule has 0 atom stereocenters. The lowest BCUT2D eigenvalue weighted by Gasteiger charge is -2.36. The van der Waals surface area contributed by atoms with Gasteiger partial charge in [-0.05, 0) is 36.4 Å². The van der Waals surface area contributed by atoms with Crippen LogP contribution in [-0.4, -0.2) is 22.1 Å². The van der Waals surface area contributed by atoms with Gasteiger partial charge in [0.15, 0.2) is 5.75 Å². The molecule has 1 aromatic heterocycles. The minimum Gasteiger partial charge on any atom is -0.483 e. The SMILES string of the molecule is O=[N+]([O-])c1cc(F)c(C(F)(F)F)cc1OC1CC(NCc2c(F)ccc3cnccc23)C1. The first-order valence-corrected chi connectivity index (χ1v) is 9.59. The number of nitro groups is 1. The Labute approximate surface area is 178 Å². The zero-order valence-corrected chi connectivity index (χ0v) is 16.3. The van der Waals surface area contributed by atoms with Crippen molar-refractivity contribution in [1.29, 1.82) is 0 Å². The highest BCUT2D eigenvalue weighted by Crippen LogP contribution is 2.40. The maximum absolute atomic E-state index is 14.3. The van der Waals surface area contributed by atoms with E-state index < -0.39 is 40.0 Å². The molecule has 0 amide bonds. The molecule has 32 heavy (non-hydrogen) atoms. The summed E-state index contributed by atoms with van der Waals surface area (Å²) in [6.45, 7) is 0.208. The van der Waals surface area contributed by atoms with E-state index in [9.17, 15) is 32.1 Å². The van der Waals surface area contributed by atoms with E-state index in [1.807, 2.05) is 0 Å². The molecule has 6 nitrogen and oxygen atoms in total. The number of pyridine rings is 1. The Balaban J connectivity index is 1.42. The number of alkyl halides is 3. The monoisotopic (exact) mass is 453 g/mol. The van der Waals surface area contributed by atoms with Crippen LogP contribution < -0.4 is 10.1 Å². The molecule has 0 unspecified atom stereocenters. The first kappa shape index (κ1) is 21.9. The molecule has 168 valence electrons. The van der Waals surface area contributed by atoms with Gasteiger partial charge in [-0.15, -0.1) is 0 Å². The normalized spacial score (nSPS) is 18.4. The molecule has 1 saturated carbocycles. The number of hydrogen-bond acceptors (Lipinski definition) is 5. The second-order valence-corrected chi connectivity index (χ2v) is 7.47. The van der Waals surface area contributed by atoms with Crippen molar-refractivity contribution in [2.75, 3.05) is 0 Å². The number of benzene rings is 2. The third-order valence-corrected chi connectivity index (χ3v) is 5.38. The van der Waals surface area contributed by atoms with Crippen LogP contribution in [0.2, 0.25) is 0 Å². The lowest BCUT2D eigenvalue weighted by Crippen LogP contribution is -2.46. The Morgan fingerprint density at radius 1 is 1.16 bits per heavy atom. The van der Waals surface area contributed by atoms with E-state index in [1.165, 1.54) is 6.07 Å². The Kier molecular flexibility index (Phi) is 5.68. The van der Waals surface area contributed by atoms with Gasteiger partial charge >= 0.3 is 11.9 Å². The summed E-state index contributed by atoms with van der Waals surface area (Å²) in [6, 6.07) is 5.07. The molecule has 3 aromatic rings. The quantitative estimate of drug-likeness (QED) is 0.318. The maximum atomic E-state index is 14.3. The summed E-state index contributed by atoms with van der Waals surface area (Å²) in [5.41, 5.74) is -2.05. The number of ether oxygens (including phenoxy) is 1. The summed E-state index contributed by atoms with van der Waals surface area (Å²) in [5.74, 6) is -2.76. The fraction of sp³-hybridized carbons (Fsp3) is 0.286. The molecular formula is C21H16F5N3O3. The van der Waals surface area contributed by atoms with E-state index in [4.69, 9.17) is 4.74 Å². The number of nitro benzene ring substituents is 1. The zero-order valence-electron chi connectivity index (χ0n) is 16.3. The Hall–Kier alpha value is -3.34. The number of fused-ring (bicyclic) bond motifs is 1. The second kappa shape index (κ2) is 8.30. The topological polar surface area (TPSA) is 77.3 Å². The fourth-order valence-corrected chi connectivity index (χ4v) is 3.64. The smallest absolute Gasteiger partial charge is 0.419 e. The van der Waals surface area contributed by atoms with Crippen molar-refractivity contribution in [3.8, 4) is 5.75 Å². The Morgan fingerprint density at radius 3 is 2.59 bits per heavy atom. The summed E-state index contributed by atoms with van der Waals surface area (Å²) in [6.07, 6.45) is -1.76. The Bertz CT molecular complexity index is 1180. The van der Waals surface area contributed by atoms with Crippen molar-refractivity contribution in [1.82, 2.24) is 10.3 Å². The van der Waals surface area contributed by atoms with Gasteiger partial charge < -0.3 is 10.1 Å². The molecule has 0 saturated heterocycles. The molecule has 0 radical (unpaired) electrons. The van der Waals surface area contributed by atoms with Gasteiger partial charge in [-0.2, -0.15) is 13.2 Å². The van der Waals surface area contributed by atoms with Gasteiger partial charge in [-0.3, -0.25) is 15.1 Å². The van der Waals surface area contributed by atoms with Gasteiger partial charge in [0.2, 0.25) is 0 Å². The van der Waals surface area contributed by atoms with Crippen LogP contribution in [0, 0.1) is 21.7 Å². The molecular weight excluding hydrogens is 437 g/mol. The molecule has 1 N–H and O–H groups in total. The maximum Gasteiger partial charge on any atom is 0.419 e. The summed E-state index contributed by atoms with van der Waals surface area (Å²) in [7, 11) is 0. The molecule has 1 aliphatic carbocycles. The molecule has 1 heterocycles. The third-order valence-electron chi connectivity index (χ3n) is 5.38. The van der Waals surface area contributed by atoms with Gasteiger partial charge in [-0.1, -0.05) is 0 Å². The van der Waals surface area contributed by atoms with Crippen LogP contribution >= 0.6 is 0 Å². The van der Waals surface area contributed by atoms with Crippen molar-refractivity contribution < 1.29 is 31.6 Å². The van der Waals surface area contributed by atoms with E-state index in [2.05, 4.69) is 10.3 Å².